The maximum absolute atomic E-state index is 13.0. The number of nitrogens with zero attached hydrogens (tertiary/aromatic N) is 1. The average Bonchev–Trinajstić information content (AvgIpc) is 2.68. The number of benzene rings is 2. The van der Waals surface area contributed by atoms with Crippen LogP contribution < -0.4 is 14.8 Å². The summed E-state index contributed by atoms with van der Waals surface area (Å²) in [5, 5.41) is 3.00. The van der Waals surface area contributed by atoms with Gasteiger partial charge in [0.1, 0.15) is 11.5 Å². The molecule has 1 saturated heterocycles. The summed E-state index contributed by atoms with van der Waals surface area (Å²) in [5.41, 5.74) is -1.19. The molecule has 0 unspecified atom stereocenters. The van der Waals surface area contributed by atoms with E-state index in [0.717, 1.165) is 0 Å². The molecular formula is C22H24N2O4. The molecule has 1 spiro atoms. The first-order valence-corrected chi connectivity index (χ1v) is 9.53. The van der Waals surface area contributed by atoms with Gasteiger partial charge in [0.25, 0.3) is 11.8 Å². The molecular weight excluding hydrogens is 356 g/mol. The van der Waals surface area contributed by atoms with Crippen LogP contribution >= 0.6 is 0 Å². The topological polar surface area (TPSA) is 67.9 Å². The number of rotatable bonds is 3. The molecule has 6 nitrogen and oxygen atoms in total. The molecule has 0 aliphatic carbocycles. The van der Waals surface area contributed by atoms with Gasteiger partial charge < -0.3 is 19.7 Å². The highest BCUT2D eigenvalue weighted by Crippen LogP contribution is 2.34. The van der Waals surface area contributed by atoms with E-state index in [1.54, 1.807) is 24.8 Å². The van der Waals surface area contributed by atoms with Crippen molar-refractivity contribution in [3.63, 3.8) is 0 Å². The van der Waals surface area contributed by atoms with Crippen LogP contribution in [-0.2, 0) is 4.79 Å². The van der Waals surface area contributed by atoms with Crippen molar-refractivity contribution >= 4 is 11.8 Å². The Bertz CT molecular complexity index is 886. The lowest BCUT2D eigenvalue weighted by atomic mass is 9.95. The van der Waals surface area contributed by atoms with Crippen LogP contribution in [0.2, 0.25) is 0 Å². The van der Waals surface area contributed by atoms with E-state index in [-0.39, 0.29) is 11.8 Å². The largest absolute Gasteiger partial charge is 0.478 e. The van der Waals surface area contributed by atoms with Gasteiger partial charge in [0.2, 0.25) is 0 Å². The van der Waals surface area contributed by atoms with Crippen molar-refractivity contribution in [3.05, 3.63) is 60.2 Å². The number of piperidine rings is 1. The lowest BCUT2D eigenvalue weighted by Gasteiger charge is -2.45. The molecule has 0 atom stereocenters. The van der Waals surface area contributed by atoms with Crippen LogP contribution in [0.1, 0.15) is 37.0 Å². The molecule has 0 radical (unpaired) electrons. The predicted molar refractivity (Wildman–Crippen MR) is 104 cm³/mol. The molecule has 1 fully saturated rings. The zero-order valence-electron chi connectivity index (χ0n) is 16.1. The molecule has 0 saturated carbocycles. The van der Waals surface area contributed by atoms with E-state index < -0.39 is 11.3 Å². The first-order valence-electron chi connectivity index (χ1n) is 9.53. The first kappa shape index (κ1) is 18.3. The fraction of sp³-hybridized carbons (Fsp3) is 0.364. The number of carbonyl (C=O) groups excluding carboxylic acids is 2. The molecule has 2 heterocycles. The number of para-hydroxylation sites is 2. The Morgan fingerprint density at radius 1 is 1.07 bits per heavy atom. The number of amides is 2. The Kier molecular flexibility index (Phi) is 4.49. The van der Waals surface area contributed by atoms with Gasteiger partial charge in [-0.05, 0) is 38.1 Å². The van der Waals surface area contributed by atoms with Gasteiger partial charge in [-0.25, -0.2) is 0 Å². The zero-order valence-corrected chi connectivity index (χ0v) is 16.1. The highest BCUT2D eigenvalue weighted by molar-refractivity contribution is 5.98. The summed E-state index contributed by atoms with van der Waals surface area (Å²) in [6.45, 7) is 4.54. The third-order valence-corrected chi connectivity index (χ3v) is 5.27. The number of likely N-dealkylation sites (tertiary alicyclic amines) is 1. The van der Waals surface area contributed by atoms with E-state index in [0.29, 0.717) is 43.0 Å². The first-order chi connectivity index (χ1) is 13.4. The molecule has 28 heavy (non-hydrogen) atoms. The molecule has 146 valence electrons. The number of fused-ring (bicyclic) bond motifs is 1. The third kappa shape index (κ3) is 3.42. The van der Waals surface area contributed by atoms with Crippen molar-refractivity contribution in [2.24, 2.45) is 0 Å². The normalized spacial score (nSPS) is 18.1. The smallest absolute Gasteiger partial charge is 0.266 e. The van der Waals surface area contributed by atoms with Gasteiger partial charge in [-0.2, -0.15) is 0 Å². The SMILES string of the molecule is CC(C)(Oc1ccccc1)C(=O)N1CCC2(CC1)NC(=O)c1ccccc1O2. The standard InChI is InChI=1S/C22H24N2O4/c1-21(2,27-16-8-4-3-5-9-16)20(26)24-14-12-22(13-15-24)23-19(25)17-10-6-7-11-18(17)28-22/h3-11H,12-15H2,1-2H3,(H,23,25). The van der Waals surface area contributed by atoms with Gasteiger partial charge in [0.15, 0.2) is 11.3 Å². The minimum Gasteiger partial charge on any atom is -0.478 e. The van der Waals surface area contributed by atoms with Crippen LogP contribution in [0.5, 0.6) is 11.5 Å². The van der Waals surface area contributed by atoms with Crippen LogP contribution in [0, 0.1) is 0 Å². The fourth-order valence-electron chi connectivity index (χ4n) is 3.76. The summed E-state index contributed by atoms with van der Waals surface area (Å²) in [6.07, 6.45) is 1.06. The molecule has 2 amide bonds. The van der Waals surface area contributed by atoms with Crippen molar-refractivity contribution in [1.82, 2.24) is 10.2 Å². The van der Waals surface area contributed by atoms with E-state index in [9.17, 15) is 9.59 Å². The maximum atomic E-state index is 13.0. The van der Waals surface area contributed by atoms with Crippen LogP contribution in [0.4, 0.5) is 0 Å². The summed E-state index contributed by atoms with van der Waals surface area (Å²) in [4.78, 5) is 27.3. The van der Waals surface area contributed by atoms with E-state index >= 15 is 0 Å². The maximum Gasteiger partial charge on any atom is 0.266 e. The molecule has 2 aliphatic rings. The highest BCUT2D eigenvalue weighted by atomic mass is 16.5. The second kappa shape index (κ2) is 6.86. The van der Waals surface area contributed by atoms with Gasteiger partial charge in [0.05, 0.1) is 5.56 Å². The Morgan fingerprint density at radius 3 is 2.43 bits per heavy atom. The number of hydrogen-bond acceptors (Lipinski definition) is 4. The van der Waals surface area contributed by atoms with Gasteiger partial charge in [0, 0.05) is 25.9 Å². The summed E-state index contributed by atoms with van der Waals surface area (Å²) in [7, 11) is 0. The van der Waals surface area contributed by atoms with Crippen molar-refractivity contribution in [3.8, 4) is 11.5 Å². The van der Waals surface area contributed by atoms with Gasteiger partial charge in [-0.1, -0.05) is 30.3 Å². The van der Waals surface area contributed by atoms with Crippen molar-refractivity contribution in [2.45, 2.75) is 38.0 Å². The lowest BCUT2D eigenvalue weighted by Crippen LogP contribution is -2.63. The predicted octanol–water partition coefficient (Wildman–Crippen LogP) is 2.99. The Morgan fingerprint density at radius 2 is 1.71 bits per heavy atom. The third-order valence-electron chi connectivity index (χ3n) is 5.27. The van der Waals surface area contributed by atoms with Crippen molar-refractivity contribution in [2.75, 3.05) is 13.1 Å². The van der Waals surface area contributed by atoms with Crippen LogP contribution in [-0.4, -0.2) is 41.1 Å². The minimum atomic E-state index is -0.977. The van der Waals surface area contributed by atoms with Crippen LogP contribution in [0.15, 0.2) is 54.6 Å². The molecule has 6 heteroatoms. The zero-order chi connectivity index (χ0) is 19.8. The highest BCUT2D eigenvalue weighted by Gasteiger charge is 2.45. The number of ether oxygens (including phenoxy) is 2. The van der Waals surface area contributed by atoms with E-state index in [1.165, 1.54) is 0 Å². The fourth-order valence-corrected chi connectivity index (χ4v) is 3.76. The number of carbonyl (C=O) groups is 2. The van der Waals surface area contributed by atoms with Crippen LogP contribution in [0.25, 0.3) is 0 Å². The molecule has 0 bridgehead atoms. The van der Waals surface area contributed by atoms with Gasteiger partial charge in [-0.15, -0.1) is 0 Å². The monoisotopic (exact) mass is 380 g/mol. The molecule has 4 rings (SSSR count). The molecule has 0 aromatic heterocycles. The Hall–Kier alpha value is -3.02. The lowest BCUT2D eigenvalue weighted by molar-refractivity contribution is -0.149. The quantitative estimate of drug-likeness (QED) is 0.889. The van der Waals surface area contributed by atoms with Crippen molar-refractivity contribution in [1.29, 1.82) is 0 Å². The summed E-state index contributed by atoms with van der Waals surface area (Å²) in [5.74, 6) is 1.05. The minimum absolute atomic E-state index is 0.0752. The molecule has 2 aliphatic heterocycles. The number of hydrogen-bond donors (Lipinski definition) is 1. The summed E-state index contributed by atoms with van der Waals surface area (Å²) >= 11 is 0. The summed E-state index contributed by atoms with van der Waals surface area (Å²) < 4.78 is 12.1. The second-order valence-corrected chi connectivity index (χ2v) is 7.76. The van der Waals surface area contributed by atoms with E-state index in [4.69, 9.17) is 9.47 Å². The van der Waals surface area contributed by atoms with Gasteiger partial charge >= 0.3 is 0 Å². The summed E-state index contributed by atoms with van der Waals surface area (Å²) in [6, 6.07) is 16.6. The number of nitrogens with one attached hydrogen (secondary N) is 1. The average molecular weight is 380 g/mol. The Balaban J connectivity index is 1.43. The Labute approximate surface area is 164 Å². The van der Waals surface area contributed by atoms with Crippen LogP contribution in [0.3, 0.4) is 0 Å². The molecule has 1 N–H and O–H groups in total. The molecule has 2 aromatic rings. The second-order valence-electron chi connectivity index (χ2n) is 7.76. The van der Waals surface area contributed by atoms with Crippen molar-refractivity contribution < 1.29 is 19.1 Å². The van der Waals surface area contributed by atoms with E-state index in [1.807, 2.05) is 48.5 Å². The van der Waals surface area contributed by atoms with Gasteiger partial charge in [-0.3, -0.25) is 9.59 Å². The molecule has 2 aromatic carbocycles. The van der Waals surface area contributed by atoms with E-state index in [2.05, 4.69) is 5.32 Å².